The fourth-order valence-electron chi connectivity index (χ4n) is 2.86. The molecule has 0 radical (unpaired) electrons. The number of thiophene rings is 1. The Kier molecular flexibility index (Phi) is 7.07. The number of benzene rings is 1. The number of aromatic nitrogens is 1. The predicted octanol–water partition coefficient (Wildman–Crippen LogP) is 4.13. The van der Waals surface area contributed by atoms with Crippen molar-refractivity contribution in [2.75, 3.05) is 26.1 Å². The van der Waals surface area contributed by atoms with Gasteiger partial charge in [-0.2, -0.15) is 0 Å². The molecule has 0 aliphatic heterocycles. The lowest BCUT2D eigenvalue weighted by atomic mass is 10.1. The van der Waals surface area contributed by atoms with Crippen molar-refractivity contribution in [1.29, 1.82) is 0 Å². The lowest BCUT2D eigenvalue weighted by Gasteiger charge is -2.08. The van der Waals surface area contributed by atoms with E-state index in [9.17, 15) is 9.59 Å². The SMILES string of the molecule is CCc1sc(C(=O)NCC(=O)Nc2nc(-c3ccc(OC)cc3OC)cs2)cc1C. The van der Waals surface area contributed by atoms with Crippen LogP contribution in [0.2, 0.25) is 0 Å². The van der Waals surface area contributed by atoms with Gasteiger partial charge in [0.05, 0.1) is 31.3 Å². The second-order valence-corrected chi connectivity index (χ2v) is 8.40. The summed E-state index contributed by atoms with van der Waals surface area (Å²) in [4.78, 5) is 30.7. The Morgan fingerprint density at radius 2 is 1.97 bits per heavy atom. The number of hydrogen-bond donors (Lipinski definition) is 2. The normalized spacial score (nSPS) is 10.5. The maximum Gasteiger partial charge on any atom is 0.261 e. The van der Waals surface area contributed by atoms with E-state index in [0.29, 0.717) is 27.2 Å². The summed E-state index contributed by atoms with van der Waals surface area (Å²) < 4.78 is 10.6. The van der Waals surface area contributed by atoms with Gasteiger partial charge in [-0.1, -0.05) is 6.92 Å². The third-order valence-electron chi connectivity index (χ3n) is 4.41. The summed E-state index contributed by atoms with van der Waals surface area (Å²) in [6.07, 6.45) is 0.885. The molecule has 30 heavy (non-hydrogen) atoms. The van der Waals surface area contributed by atoms with Crippen molar-refractivity contribution in [3.8, 4) is 22.8 Å². The van der Waals surface area contributed by atoms with Gasteiger partial charge in [0.25, 0.3) is 5.91 Å². The van der Waals surface area contributed by atoms with Gasteiger partial charge in [-0.05, 0) is 37.1 Å². The molecular formula is C21H23N3O4S2. The second kappa shape index (κ2) is 9.73. The van der Waals surface area contributed by atoms with Gasteiger partial charge in [-0.15, -0.1) is 22.7 Å². The fraction of sp³-hybridized carbons (Fsp3) is 0.286. The molecule has 2 N–H and O–H groups in total. The molecule has 0 aliphatic carbocycles. The molecule has 3 aromatic rings. The summed E-state index contributed by atoms with van der Waals surface area (Å²) in [6.45, 7) is 3.91. The van der Waals surface area contributed by atoms with Crippen molar-refractivity contribution in [1.82, 2.24) is 10.3 Å². The van der Waals surface area contributed by atoms with Crippen molar-refractivity contribution < 1.29 is 19.1 Å². The van der Waals surface area contributed by atoms with Crippen LogP contribution >= 0.6 is 22.7 Å². The molecule has 0 saturated carbocycles. The molecule has 2 aromatic heterocycles. The van der Waals surface area contributed by atoms with Crippen molar-refractivity contribution in [2.24, 2.45) is 0 Å². The molecule has 0 bridgehead atoms. The summed E-state index contributed by atoms with van der Waals surface area (Å²) >= 11 is 2.76. The minimum absolute atomic E-state index is 0.127. The molecule has 2 amide bonds. The van der Waals surface area contributed by atoms with Crippen LogP contribution in [-0.2, 0) is 11.2 Å². The molecule has 0 saturated heterocycles. The van der Waals surface area contributed by atoms with E-state index in [2.05, 4.69) is 22.5 Å². The van der Waals surface area contributed by atoms with Gasteiger partial charge >= 0.3 is 0 Å². The lowest BCUT2D eigenvalue weighted by molar-refractivity contribution is -0.115. The third kappa shape index (κ3) is 4.98. The number of ether oxygens (including phenoxy) is 2. The molecule has 0 fully saturated rings. The Balaban J connectivity index is 1.60. The summed E-state index contributed by atoms with van der Waals surface area (Å²) in [5.41, 5.74) is 2.57. The zero-order valence-corrected chi connectivity index (χ0v) is 18.8. The number of hydrogen-bond acceptors (Lipinski definition) is 7. The molecule has 0 aliphatic rings. The topological polar surface area (TPSA) is 89.6 Å². The smallest absolute Gasteiger partial charge is 0.261 e. The lowest BCUT2D eigenvalue weighted by Crippen LogP contribution is -2.32. The minimum Gasteiger partial charge on any atom is -0.497 e. The summed E-state index contributed by atoms with van der Waals surface area (Å²) in [5, 5.41) is 7.65. The quantitative estimate of drug-likeness (QED) is 0.544. The summed E-state index contributed by atoms with van der Waals surface area (Å²) in [5.74, 6) is 0.722. The van der Waals surface area contributed by atoms with E-state index in [4.69, 9.17) is 9.47 Å². The first-order valence-corrected chi connectivity index (χ1v) is 11.0. The highest BCUT2D eigenvalue weighted by atomic mass is 32.1. The Morgan fingerprint density at radius 1 is 1.17 bits per heavy atom. The maximum absolute atomic E-state index is 12.3. The van der Waals surface area contributed by atoms with Crippen LogP contribution in [0.1, 0.15) is 27.0 Å². The molecule has 9 heteroatoms. The van der Waals surface area contributed by atoms with Gasteiger partial charge in [-0.25, -0.2) is 4.98 Å². The zero-order chi connectivity index (χ0) is 21.7. The molecule has 0 atom stereocenters. The van der Waals surface area contributed by atoms with Crippen LogP contribution in [0, 0.1) is 6.92 Å². The van der Waals surface area contributed by atoms with E-state index in [1.54, 1.807) is 20.3 Å². The number of nitrogens with zero attached hydrogens (tertiary/aromatic N) is 1. The predicted molar refractivity (Wildman–Crippen MR) is 120 cm³/mol. The Bertz CT molecular complexity index is 1060. The Hall–Kier alpha value is -2.91. The number of anilines is 1. The minimum atomic E-state index is -0.338. The van der Waals surface area contributed by atoms with Gasteiger partial charge in [0.1, 0.15) is 11.5 Å². The van der Waals surface area contributed by atoms with Crippen LogP contribution in [0.15, 0.2) is 29.6 Å². The number of nitrogens with one attached hydrogen (secondary N) is 2. The molecular weight excluding hydrogens is 422 g/mol. The van der Waals surface area contributed by atoms with Crippen LogP contribution in [-0.4, -0.2) is 37.6 Å². The molecule has 7 nitrogen and oxygen atoms in total. The average Bonchev–Trinajstić information content (AvgIpc) is 3.37. The van der Waals surface area contributed by atoms with Crippen LogP contribution in [0.4, 0.5) is 5.13 Å². The van der Waals surface area contributed by atoms with E-state index in [1.807, 2.05) is 30.5 Å². The van der Waals surface area contributed by atoms with Crippen molar-refractivity contribution in [3.63, 3.8) is 0 Å². The largest absolute Gasteiger partial charge is 0.497 e. The van der Waals surface area contributed by atoms with Crippen molar-refractivity contribution >= 4 is 39.6 Å². The number of amides is 2. The summed E-state index contributed by atoms with van der Waals surface area (Å²) in [7, 11) is 3.17. The summed E-state index contributed by atoms with van der Waals surface area (Å²) in [6, 6.07) is 7.30. The van der Waals surface area contributed by atoms with Gasteiger partial charge in [-0.3, -0.25) is 9.59 Å². The van der Waals surface area contributed by atoms with Gasteiger partial charge < -0.3 is 20.1 Å². The van der Waals surface area contributed by atoms with Gasteiger partial charge in [0, 0.05) is 21.9 Å². The highest BCUT2D eigenvalue weighted by Crippen LogP contribution is 2.34. The van der Waals surface area contributed by atoms with E-state index in [-0.39, 0.29) is 18.4 Å². The monoisotopic (exact) mass is 445 g/mol. The van der Waals surface area contributed by atoms with E-state index in [0.717, 1.165) is 17.5 Å². The van der Waals surface area contributed by atoms with Crippen molar-refractivity contribution in [3.05, 3.63) is 45.0 Å². The highest BCUT2D eigenvalue weighted by molar-refractivity contribution is 7.14. The zero-order valence-electron chi connectivity index (χ0n) is 17.2. The van der Waals surface area contributed by atoms with Gasteiger partial charge in [0.15, 0.2) is 5.13 Å². The maximum atomic E-state index is 12.3. The molecule has 2 heterocycles. The number of aryl methyl sites for hydroxylation is 2. The van der Waals surface area contributed by atoms with Crippen LogP contribution in [0.25, 0.3) is 11.3 Å². The molecule has 0 unspecified atom stereocenters. The molecule has 0 spiro atoms. The average molecular weight is 446 g/mol. The molecule has 3 rings (SSSR count). The Labute approximate surface area is 183 Å². The number of thiazole rings is 1. The molecule has 158 valence electrons. The van der Waals surface area contributed by atoms with E-state index in [1.165, 1.54) is 27.6 Å². The molecule has 1 aromatic carbocycles. The van der Waals surface area contributed by atoms with E-state index >= 15 is 0 Å². The number of methoxy groups -OCH3 is 2. The van der Waals surface area contributed by atoms with Crippen LogP contribution in [0.3, 0.4) is 0 Å². The number of carbonyl (C=O) groups excluding carboxylic acids is 2. The first kappa shape index (κ1) is 21.8. The first-order valence-electron chi connectivity index (χ1n) is 9.30. The van der Waals surface area contributed by atoms with Gasteiger partial charge in [0.2, 0.25) is 5.91 Å². The standard InChI is InChI=1S/C21H23N3O4S2/c1-5-17-12(2)8-18(30-17)20(26)22-10-19(25)24-21-23-15(11-29-21)14-7-6-13(27-3)9-16(14)28-4/h6-9,11H,5,10H2,1-4H3,(H,22,26)(H,23,24,25). The third-order valence-corrected chi connectivity index (χ3v) is 6.55. The second-order valence-electron chi connectivity index (χ2n) is 6.41. The van der Waals surface area contributed by atoms with E-state index < -0.39 is 0 Å². The Morgan fingerprint density at radius 3 is 2.63 bits per heavy atom. The fourth-order valence-corrected chi connectivity index (χ4v) is 4.62. The highest BCUT2D eigenvalue weighted by Gasteiger charge is 2.15. The van der Waals surface area contributed by atoms with Crippen LogP contribution < -0.4 is 20.1 Å². The first-order chi connectivity index (χ1) is 14.4. The van der Waals surface area contributed by atoms with Crippen molar-refractivity contribution in [2.45, 2.75) is 20.3 Å². The number of rotatable bonds is 8. The number of carbonyl (C=O) groups is 2. The van der Waals surface area contributed by atoms with Crippen LogP contribution in [0.5, 0.6) is 11.5 Å².